The van der Waals surface area contributed by atoms with Gasteiger partial charge in [0.25, 0.3) is 0 Å². The van der Waals surface area contributed by atoms with Gasteiger partial charge in [0.1, 0.15) is 0 Å². The van der Waals surface area contributed by atoms with Crippen LogP contribution in [0, 0.1) is 6.92 Å². The summed E-state index contributed by atoms with van der Waals surface area (Å²) in [6, 6.07) is 15.8. The largest absolute Gasteiger partial charge is 0.478 e. The van der Waals surface area contributed by atoms with Gasteiger partial charge in [-0.15, -0.1) is 0 Å². The molecular formula is C20H23NO3. The van der Waals surface area contributed by atoms with E-state index in [2.05, 4.69) is 30.9 Å². The van der Waals surface area contributed by atoms with Crippen LogP contribution in [0.3, 0.4) is 0 Å². The van der Waals surface area contributed by atoms with Crippen molar-refractivity contribution in [1.82, 2.24) is 4.90 Å². The highest BCUT2D eigenvalue weighted by Crippen LogP contribution is 2.28. The number of hydrogen-bond acceptors (Lipinski definition) is 3. The number of carboxylic acid groups (broad SMARTS) is 1. The first-order chi connectivity index (χ1) is 11.5. The maximum absolute atomic E-state index is 11.2. The first-order valence-electron chi connectivity index (χ1n) is 8.28. The van der Waals surface area contributed by atoms with E-state index in [1.54, 1.807) is 12.1 Å². The van der Waals surface area contributed by atoms with Gasteiger partial charge >= 0.3 is 5.97 Å². The molecule has 1 heterocycles. The Balaban J connectivity index is 1.76. The number of aryl methyl sites for hydroxylation is 1. The minimum Gasteiger partial charge on any atom is -0.478 e. The molecule has 0 aromatic heterocycles. The zero-order valence-corrected chi connectivity index (χ0v) is 14.1. The van der Waals surface area contributed by atoms with Crippen molar-refractivity contribution in [3.05, 3.63) is 70.8 Å². The van der Waals surface area contributed by atoms with Crippen LogP contribution in [0.25, 0.3) is 0 Å². The Morgan fingerprint density at radius 2 is 2.04 bits per heavy atom. The van der Waals surface area contributed by atoms with E-state index < -0.39 is 5.97 Å². The maximum atomic E-state index is 11.2. The summed E-state index contributed by atoms with van der Waals surface area (Å²) in [6.07, 6.45) is 0.0602. The molecule has 4 heteroatoms. The third-order valence-corrected chi connectivity index (χ3v) is 4.66. The van der Waals surface area contributed by atoms with Crippen molar-refractivity contribution in [2.75, 3.05) is 13.2 Å². The fourth-order valence-electron chi connectivity index (χ4n) is 3.20. The normalized spacial score (nSPS) is 21.6. The van der Waals surface area contributed by atoms with Crippen LogP contribution >= 0.6 is 0 Å². The zero-order chi connectivity index (χ0) is 17.1. The highest BCUT2D eigenvalue weighted by molar-refractivity contribution is 5.87. The van der Waals surface area contributed by atoms with Crippen molar-refractivity contribution in [2.24, 2.45) is 0 Å². The van der Waals surface area contributed by atoms with E-state index in [0.29, 0.717) is 18.2 Å². The Morgan fingerprint density at radius 3 is 2.79 bits per heavy atom. The SMILES string of the molecule is Cc1ccccc1C1CN(Cc2cccc(C(=O)O)c2)C(C)CO1. The standard InChI is InChI=1S/C20H23NO3/c1-14-6-3-4-9-18(14)19-12-21(15(2)13-24-19)11-16-7-5-8-17(10-16)20(22)23/h3-10,15,19H,11-13H2,1-2H3,(H,22,23). The number of rotatable bonds is 4. The van der Waals surface area contributed by atoms with E-state index in [0.717, 1.165) is 18.7 Å². The second-order valence-corrected chi connectivity index (χ2v) is 6.46. The molecule has 0 amide bonds. The molecule has 0 aliphatic carbocycles. The van der Waals surface area contributed by atoms with Crippen LogP contribution in [-0.2, 0) is 11.3 Å². The fraction of sp³-hybridized carbons (Fsp3) is 0.350. The molecule has 0 radical (unpaired) electrons. The Bertz CT molecular complexity index is 728. The third kappa shape index (κ3) is 3.66. The second-order valence-electron chi connectivity index (χ2n) is 6.46. The molecule has 3 rings (SSSR count). The minimum absolute atomic E-state index is 0.0602. The van der Waals surface area contributed by atoms with Gasteiger partial charge in [0.15, 0.2) is 0 Å². The lowest BCUT2D eigenvalue weighted by molar-refractivity contribution is -0.0635. The number of carboxylic acids is 1. The number of aromatic carboxylic acids is 1. The smallest absolute Gasteiger partial charge is 0.335 e. The summed E-state index contributed by atoms with van der Waals surface area (Å²) in [6.45, 7) is 6.47. The molecule has 4 nitrogen and oxygen atoms in total. The predicted molar refractivity (Wildman–Crippen MR) is 93.1 cm³/mol. The number of morpholine rings is 1. The van der Waals surface area contributed by atoms with E-state index in [4.69, 9.17) is 9.84 Å². The molecule has 1 fully saturated rings. The molecular weight excluding hydrogens is 302 g/mol. The van der Waals surface area contributed by atoms with Crippen LogP contribution in [0.5, 0.6) is 0 Å². The van der Waals surface area contributed by atoms with Crippen LogP contribution in [-0.4, -0.2) is 35.2 Å². The van der Waals surface area contributed by atoms with Gasteiger partial charge in [-0.2, -0.15) is 0 Å². The number of benzene rings is 2. The molecule has 1 aliphatic rings. The second kappa shape index (κ2) is 7.16. The van der Waals surface area contributed by atoms with Crippen LogP contribution < -0.4 is 0 Å². The molecule has 2 atom stereocenters. The highest BCUT2D eigenvalue weighted by atomic mass is 16.5. The van der Waals surface area contributed by atoms with Gasteiger partial charge < -0.3 is 9.84 Å². The minimum atomic E-state index is -0.885. The summed E-state index contributed by atoms with van der Waals surface area (Å²) in [4.78, 5) is 13.5. The van der Waals surface area contributed by atoms with Gasteiger partial charge in [-0.05, 0) is 42.7 Å². The molecule has 1 aliphatic heterocycles. The molecule has 126 valence electrons. The van der Waals surface area contributed by atoms with Gasteiger partial charge in [0.05, 0.1) is 18.3 Å². The maximum Gasteiger partial charge on any atom is 0.335 e. The van der Waals surface area contributed by atoms with E-state index >= 15 is 0 Å². The van der Waals surface area contributed by atoms with Crippen LogP contribution in [0.1, 0.15) is 40.1 Å². The van der Waals surface area contributed by atoms with Crippen LogP contribution in [0.2, 0.25) is 0 Å². The number of hydrogen-bond donors (Lipinski definition) is 1. The summed E-state index contributed by atoms with van der Waals surface area (Å²) in [5.74, 6) is -0.885. The first kappa shape index (κ1) is 16.7. The van der Waals surface area contributed by atoms with Gasteiger partial charge in [0.2, 0.25) is 0 Å². The van der Waals surface area contributed by atoms with Crippen molar-refractivity contribution in [3.63, 3.8) is 0 Å². The number of nitrogens with zero attached hydrogens (tertiary/aromatic N) is 1. The summed E-state index contributed by atoms with van der Waals surface area (Å²) < 4.78 is 6.05. The lowest BCUT2D eigenvalue weighted by Gasteiger charge is -2.38. The van der Waals surface area contributed by atoms with E-state index in [1.807, 2.05) is 24.3 Å². The molecule has 2 unspecified atom stereocenters. The summed E-state index contributed by atoms with van der Waals surface area (Å²) in [5.41, 5.74) is 3.83. The molecule has 0 spiro atoms. The zero-order valence-electron chi connectivity index (χ0n) is 14.1. The molecule has 24 heavy (non-hydrogen) atoms. The van der Waals surface area contributed by atoms with Gasteiger partial charge in [-0.1, -0.05) is 36.4 Å². The lowest BCUT2D eigenvalue weighted by Crippen LogP contribution is -2.44. The topological polar surface area (TPSA) is 49.8 Å². The molecule has 0 bridgehead atoms. The van der Waals surface area contributed by atoms with E-state index in [1.165, 1.54) is 11.1 Å². The third-order valence-electron chi connectivity index (χ3n) is 4.66. The van der Waals surface area contributed by atoms with Crippen molar-refractivity contribution in [3.8, 4) is 0 Å². The first-order valence-corrected chi connectivity index (χ1v) is 8.28. The van der Waals surface area contributed by atoms with Gasteiger partial charge in [0, 0.05) is 19.1 Å². The molecule has 2 aromatic carbocycles. The quantitative estimate of drug-likeness (QED) is 0.932. The van der Waals surface area contributed by atoms with Gasteiger partial charge in [-0.25, -0.2) is 4.79 Å². The Kier molecular flexibility index (Phi) is 4.97. The highest BCUT2D eigenvalue weighted by Gasteiger charge is 2.27. The Morgan fingerprint density at radius 1 is 1.25 bits per heavy atom. The Labute approximate surface area is 142 Å². The average molecular weight is 325 g/mol. The van der Waals surface area contributed by atoms with E-state index in [-0.39, 0.29) is 6.10 Å². The summed E-state index contributed by atoms with van der Waals surface area (Å²) in [7, 11) is 0. The average Bonchev–Trinajstić information content (AvgIpc) is 2.58. The van der Waals surface area contributed by atoms with Crippen LogP contribution in [0.4, 0.5) is 0 Å². The van der Waals surface area contributed by atoms with E-state index in [9.17, 15) is 4.79 Å². The molecule has 1 N–H and O–H groups in total. The Hall–Kier alpha value is -2.17. The van der Waals surface area contributed by atoms with Crippen molar-refractivity contribution >= 4 is 5.97 Å². The van der Waals surface area contributed by atoms with Crippen LogP contribution in [0.15, 0.2) is 48.5 Å². The van der Waals surface area contributed by atoms with Crippen molar-refractivity contribution in [1.29, 1.82) is 0 Å². The lowest BCUT2D eigenvalue weighted by atomic mass is 10.0. The number of ether oxygens (including phenoxy) is 1. The number of carbonyl (C=O) groups is 1. The molecule has 0 saturated carbocycles. The summed E-state index contributed by atoms with van der Waals surface area (Å²) in [5, 5.41) is 9.15. The van der Waals surface area contributed by atoms with Gasteiger partial charge in [-0.3, -0.25) is 4.90 Å². The fourth-order valence-corrected chi connectivity index (χ4v) is 3.20. The molecule has 2 aromatic rings. The molecule has 1 saturated heterocycles. The van der Waals surface area contributed by atoms with Crippen molar-refractivity contribution < 1.29 is 14.6 Å². The predicted octanol–water partition coefficient (Wildman–Crippen LogP) is 3.66. The summed E-state index contributed by atoms with van der Waals surface area (Å²) >= 11 is 0. The monoisotopic (exact) mass is 325 g/mol. The van der Waals surface area contributed by atoms with Crippen molar-refractivity contribution in [2.45, 2.75) is 32.5 Å².